The van der Waals surface area contributed by atoms with Crippen LogP contribution in [0.15, 0.2) is 24.3 Å². The molecule has 0 saturated carbocycles. The molecule has 4 rings (SSSR count). The van der Waals surface area contributed by atoms with E-state index >= 15 is 0 Å². The Morgan fingerprint density at radius 1 is 0.880 bits per heavy atom. The number of nitrogens with zero attached hydrogens (tertiary/aromatic N) is 4. The molecular formula is C20H26N4O. The van der Waals surface area contributed by atoms with Gasteiger partial charge in [-0.25, -0.2) is 4.98 Å². The van der Waals surface area contributed by atoms with E-state index in [4.69, 9.17) is 14.7 Å². The molecule has 0 radical (unpaired) electrons. The Balaban J connectivity index is 1.50. The summed E-state index contributed by atoms with van der Waals surface area (Å²) in [5.74, 6) is 1.61. The molecule has 132 valence electrons. The fourth-order valence-corrected chi connectivity index (χ4v) is 3.78. The molecule has 1 fully saturated rings. The van der Waals surface area contributed by atoms with Crippen molar-refractivity contribution in [3.8, 4) is 5.88 Å². The lowest BCUT2D eigenvalue weighted by atomic mass is 9.97. The fourth-order valence-electron chi connectivity index (χ4n) is 3.78. The van der Waals surface area contributed by atoms with Crippen molar-refractivity contribution in [1.82, 2.24) is 9.97 Å². The van der Waals surface area contributed by atoms with Crippen LogP contribution in [0.4, 0.5) is 11.6 Å². The van der Waals surface area contributed by atoms with Crippen molar-refractivity contribution in [3.63, 3.8) is 0 Å². The van der Waals surface area contributed by atoms with Crippen molar-refractivity contribution in [3.05, 3.63) is 41.1 Å². The summed E-state index contributed by atoms with van der Waals surface area (Å²) in [6.07, 6.45) is 4.51. The first kappa shape index (κ1) is 16.2. The van der Waals surface area contributed by atoms with Gasteiger partial charge in [0.15, 0.2) is 0 Å². The van der Waals surface area contributed by atoms with Gasteiger partial charge < -0.3 is 14.5 Å². The van der Waals surface area contributed by atoms with Gasteiger partial charge in [0.25, 0.3) is 0 Å². The van der Waals surface area contributed by atoms with Gasteiger partial charge in [-0.05, 0) is 44.7 Å². The zero-order valence-electron chi connectivity index (χ0n) is 15.2. The van der Waals surface area contributed by atoms with Gasteiger partial charge >= 0.3 is 0 Å². The highest BCUT2D eigenvalue weighted by Crippen LogP contribution is 2.29. The number of hydrogen-bond donors (Lipinski definition) is 0. The summed E-state index contributed by atoms with van der Waals surface area (Å²) in [6, 6.07) is 8.78. The van der Waals surface area contributed by atoms with E-state index < -0.39 is 0 Å². The minimum absolute atomic E-state index is 0.778. The van der Waals surface area contributed by atoms with Crippen LogP contribution in [0.3, 0.4) is 0 Å². The van der Waals surface area contributed by atoms with E-state index in [0.717, 1.165) is 50.8 Å². The van der Waals surface area contributed by atoms with Crippen LogP contribution in [-0.2, 0) is 12.8 Å². The maximum absolute atomic E-state index is 5.56. The smallest absolute Gasteiger partial charge is 0.229 e. The Morgan fingerprint density at radius 3 is 2.28 bits per heavy atom. The summed E-state index contributed by atoms with van der Waals surface area (Å²) in [4.78, 5) is 14.3. The van der Waals surface area contributed by atoms with Crippen LogP contribution in [0.25, 0.3) is 0 Å². The van der Waals surface area contributed by atoms with E-state index in [9.17, 15) is 0 Å². The van der Waals surface area contributed by atoms with Crippen molar-refractivity contribution >= 4 is 11.6 Å². The maximum atomic E-state index is 5.56. The number of fused-ring (bicyclic) bond motifs is 1. The maximum Gasteiger partial charge on any atom is 0.229 e. The third-order valence-electron chi connectivity index (χ3n) is 5.29. The number of methoxy groups -OCH3 is 1. The molecule has 25 heavy (non-hydrogen) atoms. The molecule has 5 heteroatoms. The van der Waals surface area contributed by atoms with E-state index in [1.807, 2.05) is 0 Å². The van der Waals surface area contributed by atoms with Gasteiger partial charge in [-0.3, -0.25) is 0 Å². The highest BCUT2D eigenvalue weighted by molar-refractivity contribution is 5.50. The number of rotatable bonds is 3. The first-order valence-corrected chi connectivity index (χ1v) is 9.25. The van der Waals surface area contributed by atoms with Gasteiger partial charge in [0.05, 0.1) is 12.8 Å². The molecule has 0 N–H and O–H groups in total. The third-order valence-corrected chi connectivity index (χ3v) is 5.29. The van der Waals surface area contributed by atoms with E-state index in [1.165, 1.54) is 35.3 Å². The average molecular weight is 338 g/mol. The molecule has 2 aromatic rings. The van der Waals surface area contributed by atoms with Crippen molar-refractivity contribution in [1.29, 1.82) is 0 Å². The Kier molecular flexibility index (Phi) is 4.47. The first-order chi connectivity index (χ1) is 12.2. The minimum atomic E-state index is 0.778. The monoisotopic (exact) mass is 338 g/mol. The van der Waals surface area contributed by atoms with E-state index in [0.29, 0.717) is 0 Å². The Bertz CT molecular complexity index is 719. The molecule has 1 saturated heterocycles. The number of piperazine rings is 1. The summed E-state index contributed by atoms with van der Waals surface area (Å²) in [7, 11) is 1.72. The minimum Gasteiger partial charge on any atom is -0.481 e. The van der Waals surface area contributed by atoms with Crippen molar-refractivity contribution < 1.29 is 4.74 Å². The molecule has 2 heterocycles. The zero-order valence-corrected chi connectivity index (χ0v) is 15.2. The van der Waals surface area contributed by atoms with Crippen LogP contribution in [0.2, 0.25) is 0 Å². The number of ether oxygens (including phenoxy) is 1. The van der Waals surface area contributed by atoms with Crippen LogP contribution in [0, 0.1) is 6.92 Å². The topological polar surface area (TPSA) is 41.5 Å². The molecule has 0 bridgehead atoms. The van der Waals surface area contributed by atoms with E-state index in [-0.39, 0.29) is 0 Å². The number of hydrogen-bond acceptors (Lipinski definition) is 5. The molecule has 0 atom stereocenters. The van der Waals surface area contributed by atoms with Crippen LogP contribution in [-0.4, -0.2) is 43.3 Å². The zero-order chi connectivity index (χ0) is 17.2. The Hall–Kier alpha value is -2.30. The molecule has 1 aromatic carbocycles. The number of anilines is 2. The quantitative estimate of drug-likeness (QED) is 0.860. The van der Waals surface area contributed by atoms with Crippen LogP contribution in [0.1, 0.15) is 29.7 Å². The van der Waals surface area contributed by atoms with Crippen LogP contribution >= 0.6 is 0 Å². The van der Waals surface area contributed by atoms with Gasteiger partial charge in [0.2, 0.25) is 11.8 Å². The molecule has 0 spiro atoms. The second-order valence-electron chi connectivity index (χ2n) is 6.97. The second-order valence-corrected chi connectivity index (χ2v) is 6.97. The SMILES string of the molecule is COc1nc(N2CCN(c3ccc(C)cc3)CC2)nc2c1CCCC2. The normalized spacial score (nSPS) is 17.4. The molecular weight excluding hydrogens is 312 g/mol. The van der Waals surface area contributed by atoms with Gasteiger partial charge in [0, 0.05) is 37.4 Å². The predicted molar refractivity (Wildman–Crippen MR) is 101 cm³/mol. The van der Waals surface area contributed by atoms with Crippen molar-refractivity contribution in [2.75, 3.05) is 43.1 Å². The predicted octanol–water partition coefficient (Wildman–Crippen LogP) is 3.00. The summed E-state index contributed by atoms with van der Waals surface area (Å²) in [5.41, 5.74) is 5.01. The second kappa shape index (κ2) is 6.90. The fraction of sp³-hybridized carbons (Fsp3) is 0.500. The van der Waals surface area contributed by atoms with Crippen molar-refractivity contribution in [2.45, 2.75) is 32.6 Å². The molecule has 1 aliphatic carbocycles. The molecule has 5 nitrogen and oxygen atoms in total. The number of aryl methyl sites for hydroxylation is 2. The highest BCUT2D eigenvalue weighted by Gasteiger charge is 2.23. The highest BCUT2D eigenvalue weighted by atomic mass is 16.5. The summed E-state index contributed by atoms with van der Waals surface area (Å²) in [5, 5.41) is 0. The first-order valence-electron chi connectivity index (χ1n) is 9.25. The van der Waals surface area contributed by atoms with Crippen LogP contribution < -0.4 is 14.5 Å². The van der Waals surface area contributed by atoms with Gasteiger partial charge in [-0.15, -0.1) is 0 Å². The van der Waals surface area contributed by atoms with Gasteiger partial charge in [-0.1, -0.05) is 17.7 Å². The molecule has 1 aromatic heterocycles. The largest absolute Gasteiger partial charge is 0.481 e. The van der Waals surface area contributed by atoms with Crippen molar-refractivity contribution in [2.24, 2.45) is 0 Å². The standard InChI is InChI=1S/C20H26N4O/c1-15-7-9-16(10-8-15)23-11-13-24(14-12-23)20-21-18-6-4-3-5-17(18)19(22-20)25-2/h7-10H,3-6,11-14H2,1-2H3. The molecule has 0 unspecified atom stereocenters. The molecule has 0 amide bonds. The molecule has 2 aliphatic rings. The molecule has 1 aliphatic heterocycles. The lowest BCUT2D eigenvalue weighted by Gasteiger charge is -2.36. The third kappa shape index (κ3) is 3.28. The number of aromatic nitrogens is 2. The van der Waals surface area contributed by atoms with Crippen LogP contribution in [0.5, 0.6) is 5.88 Å². The summed E-state index contributed by atoms with van der Waals surface area (Å²) >= 11 is 0. The summed E-state index contributed by atoms with van der Waals surface area (Å²) in [6.45, 7) is 5.99. The van der Waals surface area contributed by atoms with E-state index in [2.05, 4.69) is 41.0 Å². The average Bonchev–Trinajstić information content (AvgIpc) is 2.68. The lowest BCUT2D eigenvalue weighted by molar-refractivity contribution is 0.386. The Labute approximate surface area is 149 Å². The lowest BCUT2D eigenvalue weighted by Crippen LogP contribution is -2.47. The van der Waals surface area contributed by atoms with Gasteiger partial charge in [0.1, 0.15) is 0 Å². The summed E-state index contributed by atoms with van der Waals surface area (Å²) < 4.78 is 5.56. The van der Waals surface area contributed by atoms with Gasteiger partial charge in [-0.2, -0.15) is 4.98 Å². The Morgan fingerprint density at radius 2 is 1.56 bits per heavy atom. The van der Waals surface area contributed by atoms with E-state index in [1.54, 1.807) is 7.11 Å². The number of benzene rings is 1.